The summed E-state index contributed by atoms with van der Waals surface area (Å²) < 4.78 is 0. The summed E-state index contributed by atoms with van der Waals surface area (Å²) in [6.07, 6.45) is 0. The van der Waals surface area contributed by atoms with E-state index in [2.05, 4.69) is 38.3 Å². The summed E-state index contributed by atoms with van der Waals surface area (Å²) in [6.45, 7) is 9.85. The highest BCUT2D eigenvalue weighted by molar-refractivity contribution is 5.78. The van der Waals surface area contributed by atoms with Crippen molar-refractivity contribution in [1.29, 1.82) is 5.26 Å². The Bertz CT molecular complexity index is 237. The first kappa shape index (κ1) is 13.9. The smallest absolute Gasteiger partial charge is 0.234 e. The van der Waals surface area contributed by atoms with Crippen LogP contribution in [0, 0.1) is 22.7 Å². The van der Waals surface area contributed by atoms with Gasteiger partial charge in [0.05, 0.1) is 12.6 Å². The molecule has 1 amide bonds. The van der Waals surface area contributed by atoms with E-state index in [0.717, 1.165) is 6.54 Å². The molecule has 0 aliphatic heterocycles. The first-order chi connectivity index (χ1) is 6.88. The van der Waals surface area contributed by atoms with Crippen LogP contribution in [-0.4, -0.2) is 25.5 Å². The SMILES string of the molecule is CC(CNCC(=O)NCC#N)C(C)(C)C. The quantitative estimate of drug-likeness (QED) is 0.664. The van der Waals surface area contributed by atoms with Crippen molar-refractivity contribution in [2.24, 2.45) is 11.3 Å². The zero-order valence-electron chi connectivity index (χ0n) is 10.1. The van der Waals surface area contributed by atoms with E-state index in [1.165, 1.54) is 0 Å². The number of carbonyl (C=O) groups excluding carboxylic acids is 1. The van der Waals surface area contributed by atoms with Gasteiger partial charge in [-0.2, -0.15) is 5.26 Å². The molecule has 2 N–H and O–H groups in total. The van der Waals surface area contributed by atoms with Gasteiger partial charge in [-0.25, -0.2) is 0 Å². The molecule has 1 unspecified atom stereocenters. The number of carbonyl (C=O) groups is 1. The van der Waals surface area contributed by atoms with Gasteiger partial charge in [0, 0.05) is 0 Å². The fourth-order valence-electron chi connectivity index (χ4n) is 0.909. The number of nitrogens with one attached hydrogen (secondary N) is 2. The highest BCUT2D eigenvalue weighted by Crippen LogP contribution is 2.24. The van der Waals surface area contributed by atoms with E-state index in [9.17, 15) is 4.79 Å². The van der Waals surface area contributed by atoms with E-state index < -0.39 is 0 Å². The summed E-state index contributed by atoms with van der Waals surface area (Å²) in [4.78, 5) is 11.1. The van der Waals surface area contributed by atoms with Crippen molar-refractivity contribution in [3.05, 3.63) is 0 Å². The lowest BCUT2D eigenvalue weighted by atomic mass is 9.82. The van der Waals surface area contributed by atoms with Crippen LogP contribution in [0.1, 0.15) is 27.7 Å². The van der Waals surface area contributed by atoms with Crippen LogP contribution in [0.15, 0.2) is 0 Å². The number of amides is 1. The molecule has 86 valence electrons. The first-order valence-corrected chi connectivity index (χ1v) is 5.22. The Morgan fingerprint density at radius 2 is 2.07 bits per heavy atom. The van der Waals surface area contributed by atoms with Crippen LogP contribution in [0.5, 0.6) is 0 Å². The molecule has 4 nitrogen and oxygen atoms in total. The normalized spacial score (nSPS) is 13.0. The van der Waals surface area contributed by atoms with E-state index in [-0.39, 0.29) is 24.4 Å². The highest BCUT2D eigenvalue weighted by Gasteiger charge is 2.19. The van der Waals surface area contributed by atoms with Crippen LogP contribution >= 0.6 is 0 Å². The molecule has 0 aliphatic carbocycles. The van der Waals surface area contributed by atoms with Crippen LogP contribution in [0.2, 0.25) is 0 Å². The average Bonchev–Trinajstić information content (AvgIpc) is 2.13. The topological polar surface area (TPSA) is 64.9 Å². The average molecular weight is 211 g/mol. The van der Waals surface area contributed by atoms with Crippen molar-refractivity contribution in [3.8, 4) is 6.07 Å². The molecule has 0 fully saturated rings. The Balaban J connectivity index is 3.63. The van der Waals surface area contributed by atoms with E-state index >= 15 is 0 Å². The molecule has 0 aromatic heterocycles. The summed E-state index contributed by atoms with van der Waals surface area (Å²) in [6, 6.07) is 1.86. The molecule has 0 saturated carbocycles. The summed E-state index contributed by atoms with van der Waals surface area (Å²) in [5.74, 6) is 0.374. The zero-order chi connectivity index (χ0) is 11.9. The molecule has 0 aromatic carbocycles. The van der Waals surface area contributed by atoms with Gasteiger partial charge in [-0.05, 0) is 17.9 Å². The molecular formula is C11H21N3O. The Kier molecular flexibility index (Phi) is 5.95. The van der Waals surface area contributed by atoms with Gasteiger partial charge in [0.1, 0.15) is 6.54 Å². The van der Waals surface area contributed by atoms with Crippen LogP contribution < -0.4 is 10.6 Å². The molecule has 0 saturated heterocycles. The summed E-state index contributed by atoms with van der Waals surface area (Å²) >= 11 is 0. The van der Waals surface area contributed by atoms with Gasteiger partial charge in [-0.15, -0.1) is 0 Å². The van der Waals surface area contributed by atoms with E-state index in [0.29, 0.717) is 5.92 Å². The fourth-order valence-corrected chi connectivity index (χ4v) is 0.909. The molecule has 0 spiro atoms. The van der Waals surface area contributed by atoms with Gasteiger partial charge in [0.15, 0.2) is 0 Å². The van der Waals surface area contributed by atoms with Crippen LogP contribution in [0.3, 0.4) is 0 Å². The molecule has 15 heavy (non-hydrogen) atoms. The van der Waals surface area contributed by atoms with Crippen LogP contribution in [0.25, 0.3) is 0 Å². The Labute approximate surface area is 92.0 Å². The second kappa shape index (κ2) is 6.41. The largest absolute Gasteiger partial charge is 0.342 e. The van der Waals surface area contributed by atoms with Gasteiger partial charge in [0.2, 0.25) is 5.91 Å². The summed E-state index contributed by atoms with van der Waals surface area (Å²) in [5.41, 5.74) is 0.246. The van der Waals surface area contributed by atoms with E-state index in [1.807, 2.05) is 6.07 Å². The Morgan fingerprint density at radius 1 is 1.47 bits per heavy atom. The Hall–Kier alpha value is -1.08. The number of nitrogens with zero attached hydrogens (tertiary/aromatic N) is 1. The van der Waals surface area contributed by atoms with Gasteiger partial charge >= 0.3 is 0 Å². The van der Waals surface area contributed by atoms with Crippen LogP contribution in [-0.2, 0) is 4.79 Å². The van der Waals surface area contributed by atoms with Crippen molar-refractivity contribution in [1.82, 2.24) is 10.6 Å². The second-order valence-electron chi connectivity index (χ2n) is 4.83. The van der Waals surface area contributed by atoms with Crippen molar-refractivity contribution in [2.75, 3.05) is 19.6 Å². The molecule has 0 rings (SSSR count). The predicted octanol–water partition coefficient (Wildman–Crippen LogP) is 0.898. The Morgan fingerprint density at radius 3 is 2.53 bits per heavy atom. The fraction of sp³-hybridized carbons (Fsp3) is 0.818. The molecule has 0 heterocycles. The van der Waals surface area contributed by atoms with Crippen LogP contribution in [0.4, 0.5) is 0 Å². The first-order valence-electron chi connectivity index (χ1n) is 5.22. The minimum absolute atomic E-state index is 0.0787. The molecule has 0 aliphatic rings. The third-order valence-electron chi connectivity index (χ3n) is 2.58. The third kappa shape index (κ3) is 6.92. The third-order valence-corrected chi connectivity index (χ3v) is 2.58. The second-order valence-corrected chi connectivity index (χ2v) is 4.83. The predicted molar refractivity (Wildman–Crippen MR) is 60.1 cm³/mol. The zero-order valence-corrected chi connectivity index (χ0v) is 10.1. The number of hydrogen-bond acceptors (Lipinski definition) is 3. The number of hydrogen-bond donors (Lipinski definition) is 2. The molecule has 0 radical (unpaired) electrons. The highest BCUT2D eigenvalue weighted by atomic mass is 16.1. The summed E-state index contributed by atoms with van der Waals surface area (Å²) in [5, 5.41) is 13.8. The maximum atomic E-state index is 11.1. The standard InChI is InChI=1S/C11H21N3O/c1-9(11(2,3)4)7-13-8-10(15)14-6-5-12/h9,13H,6-8H2,1-4H3,(H,14,15). The molecule has 0 aromatic rings. The maximum Gasteiger partial charge on any atom is 0.234 e. The van der Waals surface area contributed by atoms with E-state index in [4.69, 9.17) is 5.26 Å². The van der Waals surface area contributed by atoms with Crippen molar-refractivity contribution < 1.29 is 4.79 Å². The lowest BCUT2D eigenvalue weighted by molar-refractivity contribution is -0.120. The van der Waals surface area contributed by atoms with Gasteiger partial charge in [-0.1, -0.05) is 27.7 Å². The molecule has 0 bridgehead atoms. The van der Waals surface area contributed by atoms with E-state index in [1.54, 1.807) is 0 Å². The number of nitriles is 1. The minimum atomic E-state index is -0.127. The molecular weight excluding hydrogens is 190 g/mol. The lowest BCUT2D eigenvalue weighted by Gasteiger charge is -2.27. The monoisotopic (exact) mass is 211 g/mol. The van der Waals surface area contributed by atoms with Crippen molar-refractivity contribution in [3.63, 3.8) is 0 Å². The lowest BCUT2D eigenvalue weighted by Crippen LogP contribution is -2.37. The minimum Gasteiger partial charge on any atom is -0.342 e. The summed E-state index contributed by atoms with van der Waals surface area (Å²) in [7, 11) is 0. The van der Waals surface area contributed by atoms with Gasteiger partial charge in [0.25, 0.3) is 0 Å². The molecule has 1 atom stereocenters. The van der Waals surface area contributed by atoms with Crippen molar-refractivity contribution in [2.45, 2.75) is 27.7 Å². The maximum absolute atomic E-state index is 11.1. The molecule has 4 heteroatoms. The van der Waals surface area contributed by atoms with Crippen molar-refractivity contribution >= 4 is 5.91 Å². The van der Waals surface area contributed by atoms with Gasteiger partial charge in [-0.3, -0.25) is 4.79 Å². The number of rotatable bonds is 5. The van der Waals surface area contributed by atoms with Gasteiger partial charge < -0.3 is 10.6 Å².